The second kappa shape index (κ2) is 25.8. The molecule has 0 spiro atoms. The van der Waals surface area contributed by atoms with E-state index in [0.29, 0.717) is 11.4 Å². The number of nitrogens with two attached hydrogens (primary N) is 2. The Morgan fingerprint density at radius 2 is 0.913 bits per heavy atom. The summed E-state index contributed by atoms with van der Waals surface area (Å²) in [4.78, 5) is 151. The zero-order valence-corrected chi connectivity index (χ0v) is 36.6. The van der Waals surface area contributed by atoms with Crippen molar-refractivity contribution in [3.8, 4) is 0 Å². The van der Waals surface area contributed by atoms with Gasteiger partial charge < -0.3 is 73.6 Å². The molecule has 3 aromatic rings. The number of amides is 5. The number of hydrogen-bond donors (Lipinski definition) is 13. The number of nitrogens with one attached hydrogen (secondary N) is 5. The Morgan fingerprint density at radius 3 is 1.29 bits per heavy atom. The summed E-state index contributed by atoms with van der Waals surface area (Å²) in [5.41, 5.74) is 13.2. The second-order valence-electron chi connectivity index (χ2n) is 15.2. The van der Waals surface area contributed by atoms with Gasteiger partial charge in [0.2, 0.25) is 29.6 Å². The van der Waals surface area contributed by atoms with Gasteiger partial charge in [0.15, 0.2) is 17.0 Å². The lowest BCUT2D eigenvalue weighted by molar-refractivity contribution is -0.144. The molecule has 2 heterocycles. The summed E-state index contributed by atoms with van der Waals surface area (Å²) in [6.07, 6.45) is -4.22. The summed E-state index contributed by atoms with van der Waals surface area (Å²) >= 11 is 0. The normalized spacial score (nSPS) is 13.0. The quantitative estimate of drug-likeness (QED) is 0.0256. The topological polar surface area (TPSA) is 476 Å². The number of hydrogen-bond acceptors (Lipinski definition) is 18. The molecule has 3 rings (SSSR count). The Bertz CT molecular complexity index is 2440. The number of nitrogen functional groups attached to an aromatic ring is 2. The Hall–Kier alpha value is -8.79. The SMILES string of the molecule is CN(Cc1cnc2nc(N)nc(N)c2n1)c1ccc(C(=O)N[C@@H](CCC(=O)N[C@@H](CCC(=O)N[C@@H](CCC(=O)N[C@@H](CCC(=O)[15NH][13C@@H]([13CH2][13CH2][13C](=O)O)[13C](=O)O)C(=O)O)C(=O)O)C(=O)O)C(=O)O)cc1. The minimum absolute atomic E-state index is 0.0522. The number of carboxylic acids is 6. The molecular formula is C40H50N12O17. The lowest BCUT2D eigenvalue weighted by Crippen LogP contribution is -2.46. The third-order valence-electron chi connectivity index (χ3n) is 9.89. The molecule has 29 heteroatoms. The monoisotopic (exact) mass is 976 g/mol. The number of aliphatic carboxylic acids is 6. The van der Waals surface area contributed by atoms with Crippen LogP contribution in [0.3, 0.4) is 0 Å². The molecule has 0 unspecified atom stereocenters. The predicted molar refractivity (Wildman–Crippen MR) is 233 cm³/mol. The molecule has 0 radical (unpaired) electrons. The molecule has 0 saturated carbocycles. The fraction of sp³-hybridized carbons (Fsp3) is 0.425. The van der Waals surface area contributed by atoms with Gasteiger partial charge in [-0.25, -0.2) is 33.9 Å². The summed E-state index contributed by atoms with van der Waals surface area (Å²) in [6, 6.07) is -2.25. The van der Waals surface area contributed by atoms with Gasteiger partial charge in [0.1, 0.15) is 30.2 Å². The minimum atomic E-state index is -1.73. The van der Waals surface area contributed by atoms with Crippen LogP contribution in [0.5, 0.6) is 0 Å². The standard InChI is InChI=1S/C40H50N12O17/c1-52(17-19-16-43-33-31(44-19)32(41)50-40(42)51-33)20-4-2-18(3-5-20)34(59)49-25(39(68)69)9-14-29(56)47-23(37(64)65)7-12-27(54)45-21(35(60)61)6-11-26(53)46-22(36(62)63)8-13-28(55)48-24(38(66)67)10-15-30(57)58/h2-5,16,21-25H,6-15,17H2,1H3,(H,45,54)(H,46,53)(H,47,56)(H,48,55)(H,49,59)(H,57,58)(H,60,61)(H,62,63)(H,64,65)(H,66,67)(H,68,69)(H4,41,42,43,50,51)/t21-,22-,23-,24-,25-/m0/s1/i10+1,15+1,24+1,30+1,38+1,48+1. The van der Waals surface area contributed by atoms with Crippen molar-refractivity contribution in [1.29, 1.82) is 0 Å². The van der Waals surface area contributed by atoms with Gasteiger partial charge in [-0.15, -0.1) is 0 Å². The first-order valence-corrected chi connectivity index (χ1v) is 20.6. The summed E-state index contributed by atoms with van der Waals surface area (Å²) in [5.74, 6) is -13.9. The smallest absolute Gasteiger partial charge is 0.326 e. The number of carbonyl (C=O) groups excluding carboxylic acids is 5. The van der Waals surface area contributed by atoms with E-state index in [4.69, 9.17) is 16.6 Å². The van der Waals surface area contributed by atoms with E-state index in [-0.39, 0.29) is 35.0 Å². The summed E-state index contributed by atoms with van der Waals surface area (Å²) in [7, 11) is 1.74. The molecule has 15 N–H and O–H groups in total. The third-order valence-corrected chi connectivity index (χ3v) is 9.89. The number of fused-ring (bicyclic) bond motifs is 1. The fourth-order valence-electron chi connectivity index (χ4n) is 6.22. The van der Waals surface area contributed by atoms with Gasteiger partial charge in [-0.3, -0.25) is 28.8 Å². The van der Waals surface area contributed by atoms with Crippen LogP contribution in [0.15, 0.2) is 30.5 Å². The first kappa shape index (κ1) is 54.5. The van der Waals surface area contributed by atoms with Crippen molar-refractivity contribution in [2.24, 2.45) is 0 Å². The van der Waals surface area contributed by atoms with Crippen molar-refractivity contribution in [2.45, 2.75) is 101 Å². The maximum atomic E-state index is 13.0. The van der Waals surface area contributed by atoms with Crippen molar-refractivity contribution in [1.82, 2.24) is 46.5 Å². The van der Waals surface area contributed by atoms with Gasteiger partial charge >= 0.3 is 35.8 Å². The van der Waals surface area contributed by atoms with Crippen LogP contribution >= 0.6 is 0 Å². The molecule has 0 aliphatic rings. The van der Waals surface area contributed by atoms with E-state index < -0.39 is 160 Å². The van der Waals surface area contributed by atoms with Gasteiger partial charge in [0, 0.05) is 50.4 Å². The number of benzene rings is 1. The highest BCUT2D eigenvalue weighted by Crippen LogP contribution is 2.19. The van der Waals surface area contributed by atoms with Crippen molar-refractivity contribution in [3.05, 3.63) is 41.7 Å². The van der Waals surface area contributed by atoms with Crippen LogP contribution in [0.2, 0.25) is 0 Å². The highest BCUT2D eigenvalue weighted by molar-refractivity contribution is 5.97. The highest BCUT2D eigenvalue weighted by atomic mass is 16.5. The first-order valence-electron chi connectivity index (χ1n) is 20.6. The van der Waals surface area contributed by atoms with Crippen LogP contribution in [-0.2, 0) is 54.5 Å². The lowest BCUT2D eigenvalue weighted by atomic mass is 10.1. The van der Waals surface area contributed by atoms with E-state index in [9.17, 15) is 78.3 Å². The molecule has 5 atom stereocenters. The summed E-state index contributed by atoms with van der Waals surface area (Å²) in [6.45, 7) is 0.252. The van der Waals surface area contributed by atoms with Crippen LogP contribution < -0.4 is 43.0 Å². The maximum Gasteiger partial charge on any atom is 0.326 e. The number of anilines is 3. The molecule has 5 amide bonds. The van der Waals surface area contributed by atoms with Gasteiger partial charge in [0.05, 0.1) is 18.4 Å². The number of rotatable bonds is 29. The molecule has 1 aromatic carbocycles. The lowest BCUT2D eigenvalue weighted by Gasteiger charge is -2.20. The van der Waals surface area contributed by atoms with Crippen LogP contribution in [0.1, 0.15) is 80.3 Å². The average molecular weight is 977 g/mol. The molecule has 69 heavy (non-hydrogen) atoms. The number of nitrogens with zero attached hydrogens (tertiary/aromatic N) is 5. The fourth-order valence-corrected chi connectivity index (χ4v) is 6.22. The van der Waals surface area contributed by atoms with Crippen molar-refractivity contribution in [3.63, 3.8) is 0 Å². The molecule has 2 aromatic heterocycles. The van der Waals surface area contributed by atoms with Crippen molar-refractivity contribution in [2.75, 3.05) is 23.4 Å². The Kier molecular flexibility index (Phi) is 20.4. The van der Waals surface area contributed by atoms with Gasteiger partial charge in [0.25, 0.3) is 5.91 Å². The number of aromatic nitrogens is 4. The van der Waals surface area contributed by atoms with Crippen LogP contribution in [0.25, 0.3) is 11.2 Å². The zero-order valence-electron chi connectivity index (χ0n) is 36.6. The maximum absolute atomic E-state index is 13.0. The summed E-state index contributed by atoms with van der Waals surface area (Å²) < 4.78 is 0. The molecule has 0 saturated heterocycles. The number of carbonyl (C=O) groups is 11. The van der Waals surface area contributed by atoms with E-state index in [1.54, 1.807) is 24.1 Å². The summed E-state index contributed by atoms with van der Waals surface area (Å²) in [5, 5.41) is 67.1. The first-order chi connectivity index (χ1) is 32.4. The highest BCUT2D eigenvalue weighted by Gasteiger charge is 2.28. The number of carboxylic acid groups (broad SMARTS) is 6. The van der Waals surface area contributed by atoms with Crippen molar-refractivity contribution >= 4 is 94.0 Å². The Labute approximate surface area is 389 Å². The van der Waals surface area contributed by atoms with Crippen LogP contribution in [0, 0.1) is 0 Å². The van der Waals surface area contributed by atoms with E-state index in [0.717, 1.165) is 0 Å². The van der Waals surface area contributed by atoms with Gasteiger partial charge in [-0.05, 0) is 56.4 Å². The van der Waals surface area contributed by atoms with E-state index in [2.05, 4.69) is 46.5 Å². The van der Waals surface area contributed by atoms with Crippen LogP contribution in [0.4, 0.5) is 17.5 Å². The van der Waals surface area contributed by atoms with Crippen LogP contribution in [-0.4, -0.2) is 153 Å². The molecule has 0 fully saturated rings. The minimum Gasteiger partial charge on any atom is -0.481 e. The predicted octanol–water partition coefficient (Wildman–Crippen LogP) is -2.33. The second-order valence-corrected chi connectivity index (χ2v) is 15.2. The van der Waals surface area contributed by atoms with Crippen molar-refractivity contribution < 1.29 is 83.4 Å². The zero-order chi connectivity index (χ0) is 51.5. The molecule has 0 aliphatic heterocycles. The Balaban J connectivity index is 1.46. The molecule has 0 bridgehead atoms. The van der Waals surface area contributed by atoms with Gasteiger partial charge in [-0.2, -0.15) is 9.97 Å². The largest absolute Gasteiger partial charge is 0.481 e. The molecule has 372 valence electrons. The van der Waals surface area contributed by atoms with E-state index in [1.165, 1.54) is 18.3 Å². The Morgan fingerprint density at radius 1 is 0.536 bits per heavy atom. The average Bonchev–Trinajstić information content (AvgIpc) is 3.27. The molecular weight excluding hydrogens is 926 g/mol. The molecule has 29 nitrogen and oxygen atoms in total. The third kappa shape index (κ3) is 18.2. The molecule has 0 aliphatic carbocycles. The van der Waals surface area contributed by atoms with E-state index >= 15 is 0 Å². The van der Waals surface area contributed by atoms with Gasteiger partial charge in [-0.1, -0.05) is 0 Å². The van der Waals surface area contributed by atoms with E-state index in [1.807, 2.05) is 0 Å².